The Balaban J connectivity index is 1.02. The number of aliphatic hydroxyl groups is 4. The molecule has 0 amide bonds. The Labute approximate surface area is 440 Å². The summed E-state index contributed by atoms with van der Waals surface area (Å²) in [6.07, 6.45) is 21.7. The van der Waals surface area contributed by atoms with Crippen LogP contribution in [0.5, 0.6) is 11.5 Å². The normalized spacial score (nSPS) is 45.2. The topological polar surface area (TPSA) is 211 Å². The first-order valence-corrected chi connectivity index (χ1v) is 30.8. The third kappa shape index (κ3) is 8.88. The summed E-state index contributed by atoms with van der Waals surface area (Å²) in [5, 5.41) is 70.8. The highest BCUT2D eigenvalue weighted by Crippen LogP contribution is 2.74. The summed E-state index contributed by atoms with van der Waals surface area (Å²) < 4.78 is 13.1. The van der Waals surface area contributed by atoms with E-state index >= 15 is 0 Å². The number of aromatic hydroxyl groups is 1. The SMILES string of the molecule is CC(=O)O[C@H]1C[C@@H](O)CC[C@@]23C#C[C@@H]4CCC[C@]5(C[C@H](CCN5)Oc5cc(c(C(O)O)cc5O)C[C@H]41)[C@@H]1CC[C@@H](CN1)SSC[C@]1(C[C@]45CCC[C@@H]4C=C4CC[C@H]6CCC[C@@]61[C@@H]4C5)NC(N)=N[C@@H]2C=CC[C@H]3O. The van der Waals surface area contributed by atoms with Crippen LogP contribution in [-0.4, -0.2) is 109 Å². The number of aliphatic hydroxyl groups excluding tert-OH is 3. The van der Waals surface area contributed by atoms with Crippen LogP contribution in [0.15, 0.2) is 40.9 Å². The average molecular weight is 1040 g/mol. The quantitative estimate of drug-likeness (QED) is 0.0471. The number of ether oxygens (including phenoxy) is 2. The van der Waals surface area contributed by atoms with E-state index in [9.17, 15) is 30.3 Å². The molecule has 6 fully saturated rings. The van der Waals surface area contributed by atoms with Gasteiger partial charge in [-0.3, -0.25) is 4.79 Å². The van der Waals surface area contributed by atoms with Gasteiger partial charge in [0.15, 0.2) is 23.7 Å². The molecular weight excluding hydrogens is 959 g/mol. The average Bonchev–Trinajstić information content (AvgIpc) is 3.99. The molecule has 4 saturated carbocycles. The van der Waals surface area contributed by atoms with Crippen LogP contribution < -0.4 is 26.4 Å². The van der Waals surface area contributed by atoms with Crippen molar-refractivity contribution in [2.75, 3.05) is 18.8 Å². The number of hydrogen-bond donors (Lipinski definition) is 9. The molecule has 0 radical (unpaired) electrons. The van der Waals surface area contributed by atoms with Gasteiger partial charge in [0.05, 0.1) is 29.2 Å². The monoisotopic (exact) mass is 1040 g/mol. The standard InChI is InChI=1S/C58H81N5O8S2/c1-34(64)70-47-27-40(65)16-22-55-21-15-35-6-3-19-56(29-41(17-23-61-56)71-48-26-37(25-43(35)47)44(52(68)69)28-46(48)66)50-14-13-42(31-60-50)73-72-33-57(63-53(59)62-49(55)9-2-10-51(55)67)32-54-18-4-8-39(54)24-36-11-12-38-7-5-20-58(38,57)45(36)30-54/h2,9,24,26,28,35,38-43,45,47,49-52,60-61,65-69H,3-8,10-14,16-20,22-23,25,27,29-33H2,1H3,(H3,59,62,63)/t35-,38+,39+,40-,41-,42-,43+,45+,47-,49+,50-,51+,54+,55-,56-,57-,58-/m0/s1. The van der Waals surface area contributed by atoms with E-state index in [0.717, 1.165) is 63.8 Å². The summed E-state index contributed by atoms with van der Waals surface area (Å²) in [4.78, 5) is 18.6. The van der Waals surface area contributed by atoms with Crippen molar-refractivity contribution in [2.24, 2.45) is 56.6 Å². The zero-order chi connectivity index (χ0) is 50.3. The summed E-state index contributed by atoms with van der Waals surface area (Å²) in [5.74, 6) is 9.41. The molecule has 73 heavy (non-hydrogen) atoms. The van der Waals surface area contributed by atoms with Gasteiger partial charge in [-0.1, -0.05) is 76.5 Å². The summed E-state index contributed by atoms with van der Waals surface area (Å²) in [6.45, 7) is 3.03. The van der Waals surface area contributed by atoms with Crippen LogP contribution in [0.1, 0.15) is 159 Å². The van der Waals surface area contributed by atoms with Crippen molar-refractivity contribution < 1.29 is 39.8 Å². The lowest BCUT2D eigenvalue weighted by Gasteiger charge is -2.68. The fraction of sp³-hybridized carbons (Fsp3) is 0.759. The number of nitrogens with one attached hydrogen (secondary N) is 3. The second-order valence-corrected chi connectivity index (χ2v) is 27.7. The lowest BCUT2D eigenvalue weighted by Crippen LogP contribution is -2.73. The molecule has 12 aliphatic rings. The molecule has 15 heteroatoms. The molecule has 5 spiro atoms. The number of nitrogens with zero attached hydrogens (tertiary/aromatic N) is 1. The van der Waals surface area contributed by atoms with Gasteiger partial charge in [-0.2, -0.15) is 0 Å². The van der Waals surface area contributed by atoms with Crippen molar-refractivity contribution >= 4 is 33.5 Å². The molecule has 13 nitrogen and oxygen atoms in total. The molecule has 0 aromatic heterocycles. The first-order valence-electron chi connectivity index (χ1n) is 28.4. The number of carbonyl (C=O) groups excluding carboxylic acids is 1. The van der Waals surface area contributed by atoms with Gasteiger partial charge in [-0.25, -0.2) is 4.99 Å². The fourth-order valence-electron chi connectivity index (χ4n) is 18.2. The molecule has 2 saturated heterocycles. The fourth-order valence-corrected chi connectivity index (χ4v) is 21.4. The van der Waals surface area contributed by atoms with Crippen molar-refractivity contribution in [1.82, 2.24) is 16.0 Å². The molecule has 10 N–H and O–H groups in total. The third-order valence-electron chi connectivity index (χ3n) is 21.4. The lowest BCUT2D eigenvalue weighted by atomic mass is 9.39. The number of guanidine groups is 1. The first-order chi connectivity index (χ1) is 35.2. The number of benzene rings is 1. The van der Waals surface area contributed by atoms with Gasteiger partial charge >= 0.3 is 5.97 Å². The zero-order valence-electron chi connectivity index (χ0n) is 42.9. The predicted molar refractivity (Wildman–Crippen MR) is 285 cm³/mol. The minimum atomic E-state index is -1.90. The summed E-state index contributed by atoms with van der Waals surface area (Å²) in [6, 6.07) is 2.68. The van der Waals surface area contributed by atoms with Crippen LogP contribution in [0.4, 0.5) is 0 Å². The lowest BCUT2D eigenvalue weighted by molar-refractivity contribution is -0.152. The van der Waals surface area contributed by atoms with Crippen LogP contribution >= 0.6 is 21.6 Å². The summed E-state index contributed by atoms with van der Waals surface area (Å²) >= 11 is 0. The number of esters is 1. The van der Waals surface area contributed by atoms with Gasteiger partial charge in [-0.05, 0) is 157 Å². The van der Waals surface area contributed by atoms with Crippen molar-refractivity contribution in [3.05, 3.63) is 47.1 Å². The highest BCUT2D eigenvalue weighted by atomic mass is 33.1. The van der Waals surface area contributed by atoms with Crippen molar-refractivity contribution in [3.8, 4) is 23.3 Å². The molecule has 13 rings (SSSR count). The Morgan fingerprint density at radius 2 is 1.88 bits per heavy atom. The van der Waals surface area contributed by atoms with Gasteiger partial charge in [-0.15, -0.1) is 0 Å². The number of fused-ring (bicyclic) bond motifs is 8. The van der Waals surface area contributed by atoms with Gasteiger partial charge < -0.3 is 56.7 Å². The number of carbonyl (C=O) groups is 1. The smallest absolute Gasteiger partial charge is 0.302 e. The molecule has 1 aromatic carbocycles. The Hall–Kier alpha value is -2.94. The minimum absolute atomic E-state index is 0.0697. The Morgan fingerprint density at radius 3 is 2.71 bits per heavy atom. The second-order valence-electron chi connectivity index (χ2n) is 25.0. The third-order valence-corrected chi connectivity index (χ3v) is 24.4. The predicted octanol–water partition coefficient (Wildman–Crippen LogP) is 7.24. The maximum Gasteiger partial charge on any atom is 0.302 e. The molecule has 1 aromatic rings. The highest BCUT2D eigenvalue weighted by Gasteiger charge is 2.71. The number of phenolic OH excluding ortho intramolecular Hbond substituents is 1. The summed E-state index contributed by atoms with van der Waals surface area (Å²) in [5.41, 5.74) is 8.51. The Morgan fingerprint density at radius 1 is 1.01 bits per heavy atom. The first kappa shape index (κ1) is 50.9. The number of rotatable bonds is 2. The maximum absolute atomic E-state index is 13.1. The molecule has 5 aliphatic heterocycles. The number of allylic oxidation sites excluding steroid dienone is 2. The van der Waals surface area contributed by atoms with E-state index < -0.39 is 53.9 Å². The van der Waals surface area contributed by atoms with Crippen molar-refractivity contribution in [1.29, 1.82) is 0 Å². The van der Waals surface area contributed by atoms with E-state index in [-0.39, 0.29) is 70.4 Å². The number of aliphatic imine (C=N–C) groups is 1. The van der Waals surface area contributed by atoms with Crippen molar-refractivity contribution in [3.63, 3.8) is 0 Å². The Kier molecular flexibility index (Phi) is 13.8. The molecular formula is C58H81N5O8S2. The van der Waals surface area contributed by atoms with Crippen LogP contribution in [-0.2, 0) is 16.0 Å². The van der Waals surface area contributed by atoms with E-state index in [1.54, 1.807) is 11.6 Å². The maximum atomic E-state index is 13.1. The number of nitrogens with two attached hydrogens (primary N) is 1. The highest BCUT2D eigenvalue weighted by molar-refractivity contribution is 8.77. The molecule has 5 heterocycles. The van der Waals surface area contributed by atoms with Gasteiger partial charge in [0.25, 0.3) is 0 Å². The number of piperidine rings is 2. The molecule has 10 bridgehead atoms. The second kappa shape index (κ2) is 19.8. The van der Waals surface area contributed by atoms with Crippen LogP contribution in [0.25, 0.3) is 0 Å². The van der Waals surface area contributed by atoms with E-state index in [2.05, 4.69) is 61.5 Å². The van der Waals surface area contributed by atoms with Crippen LogP contribution in [0, 0.1) is 57.7 Å². The van der Waals surface area contributed by atoms with Gasteiger partial charge in [0.2, 0.25) is 0 Å². The van der Waals surface area contributed by atoms with E-state index in [1.165, 1.54) is 70.8 Å². The van der Waals surface area contributed by atoms with E-state index in [0.29, 0.717) is 53.8 Å². The Bertz CT molecular complexity index is 2440. The van der Waals surface area contributed by atoms with E-state index in [4.69, 9.17) is 20.2 Å². The van der Waals surface area contributed by atoms with Crippen LogP contribution in [0.3, 0.4) is 0 Å². The molecule has 7 aliphatic carbocycles. The van der Waals surface area contributed by atoms with Gasteiger partial charge in [0.1, 0.15) is 12.2 Å². The number of phenols is 1. The van der Waals surface area contributed by atoms with Crippen LogP contribution in [0.2, 0.25) is 0 Å². The molecule has 398 valence electrons. The summed E-state index contributed by atoms with van der Waals surface area (Å²) in [7, 11) is 4.14. The van der Waals surface area contributed by atoms with Gasteiger partial charge in [0, 0.05) is 71.7 Å². The zero-order valence-corrected chi connectivity index (χ0v) is 44.5. The van der Waals surface area contributed by atoms with E-state index in [1.807, 2.05) is 6.08 Å². The van der Waals surface area contributed by atoms with Crippen molar-refractivity contribution in [2.45, 2.75) is 207 Å². The molecule has 0 unspecified atom stereocenters. The largest absolute Gasteiger partial charge is 0.504 e. The minimum Gasteiger partial charge on any atom is -0.504 e. The number of hydrogen-bond acceptors (Lipinski definition) is 15. The molecule has 17 atom stereocenters.